The Morgan fingerprint density at radius 2 is 1.71 bits per heavy atom. The van der Waals surface area contributed by atoms with Gasteiger partial charge >= 0.3 is 0 Å². The van der Waals surface area contributed by atoms with Crippen molar-refractivity contribution in [1.29, 1.82) is 0 Å². The number of nitrogens with one attached hydrogen (secondary N) is 1. The Kier molecular flexibility index (Phi) is 6.70. The molecule has 2 aromatic carbocycles. The molecular formula is C26H28FN3O3S. The van der Waals surface area contributed by atoms with Crippen molar-refractivity contribution in [2.45, 2.75) is 61.9 Å². The maximum Gasteiger partial charge on any atom is 0.255 e. The first-order valence-corrected chi connectivity index (χ1v) is 12.9. The lowest BCUT2D eigenvalue weighted by Gasteiger charge is -2.29. The summed E-state index contributed by atoms with van der Waals surface area (Å²) < 4.78 is 14.8. The Bertz CT molecular complexity index is 1120. The smallest absolute Gasteiger partial charge is 0.255 e. The van der Waals surface area contributed by atoms with Crippen LogP contribution in [0.2, 0.25) is 0 Å². The number of rotatable bonds is 6. The molecule has 0 radical (unpaired) electrons. The number of halogens is 1. The molecule has 1 atom stereocenters. The van der Waals surface area contributed by atoms with E-state index in [0.29, 0.717) is 28.2 Å². The summed E-state index contributed by atoms with van der Waals surface area (Å²) in [6, 6.07) is 10.6. The third-order valence-electron chi connectivity index (χ3n) is 6.88. The van der Waals surface area contributed by atoms with E-state index < -0.39 is 11.9 Å². The Balaban J connectivity index is 1.27. The molecule has 0 bridgehead atoms. The zero-order valence-corrected chi connectivity index (χ0v) is 19.8. The molecule has 3 aliphatic rings. The molecule has 0 spiro atoms. The minimum absolute atomic E-state index is 0.176. The van der Waals surface area contributed by atoms with Crippen LogP contribution in [0, 0.1) is 5.82 Å². The van der Waals surface area contributed by atoms with Gasteiger partial charge in [-0.05, 0) is 55.6 Å². The molecule has 34 heavy (non-hydrogen) atoms. The predicted octanol–water partition coefficient (Wildman–Crippen LogP) is 3.86. The van der Waals surface area contributed by atoms with Crippen molar-refractivity contribution >= 4 is 29.5 Å². The van der Waals surface area contributed by atoms with Crippen LogP contribution in [0.25, 0.3) is 0 Å². The maximum absolute atomic E-state index is 14.8. The van der Waals surface area contributed by atoms with Crippen molar-refractivity contribution in [3.05, 3.63) is 64.5 Å². The number of nitrogens with zero attached hydrogens (tertiary/aromatic N) is 2. The van der Waals surface area contributed by atoms with Crippen LogP contribution in [-0.2, 0) is 28.4 Å². The lowest BCUT2D eigenvalue weighted by atomic mass is 10.0. The van der Waals surface area contributed by atoms with Gasteiger partial charge in [-0.1, -0.05) is 30.7 Å². The second-order valence-corrected chi connectivity index (χ2v) is 10.2. The first-order chi connectivity index (χ1) is 16.5. The number of imide groups is 1. The molecule has 1 N–H and O–H groups in total. The fourth-order valence-electron chi connectivity index (χ4n) is 5.01. The zero-order chi connectivity index (χ0) is 23.7. The number of carbonyl (C=O) groups excluding carboxylic acids is 3. The lowest BCUT2D eigenvalue weighted by Crippen LogP contribution is -2.52. The fraction of sp³-hybridized carbons (Fsp3) is 0.423. The minimum atomic E-state index is -0.703. The molecule has 1 unspecified atom stereocenters. The van der Waals surface area contributed by atoms with E-state index in [9.17, 15) is 18.8 Å². The Morgan fingerprint density at radius 3 is 2.44 bits per heavy atom. The first kappa shape index (κ1) is 23.1. The van der Waals surface area contributed by atoms with Crippen molar-refractivity contribution in [3.8, 4) is 0 Å². The number of carbonyl (C=O) groups is 3. The highest BCUT2D eigenvalue weighted by Gasteiger charge is 2.40. The number of hydrogen-bond acceptors (Lipinski definition) is 5. The first-order valence-electron chi connectivity index (χ1n) is 11.9. The van der Waals surface area contributed by atoms with Crippen LogP contribution in [0.1, 0.15) is 59.2 Å². The van der Waals surface area contributed by atoms with Gasteiger partial charge in [0.15, 0.2) is 0 Å². The lowest BCUT2D eigenvalue weighted by molar-refractivity contribution is -0.136. The van der Waals surface area contributed by atoms with E-state index in [1.807, 2.05) is 0 Å². The Morgan fingerprint density at radius 1 is 0.971 bits per heavy atom. The van der Waals surface area contributed by atoms with E-state index in [1.165, 1.54) is 53.6 Å². The Labute approximate surface area is 202 Å². The highest BCUT2D eigenvalue weighted by molar-refractivity contribution is 7.98. The summed E-state index contributed by atoms with van der Waals surface area (Å²) in [5.41, 5.74) is 3.44. The minimum Gasteiger partial charge on any atom is -0.322 e. The molecule has 2 fully saturated rings. The number of hydrogen-bond donors (Lipinski definition) is 1. The normalized spacial score (nSPS) is 21.0. The van der Waals surface area contributed by atoms with E-state index in [4.69, 9.17) is 0 Å². The van der Waals surface area contributed by atoms with Crippen LogP contribution in [0.3, 0.4) is 0 Å². The van der Waals surface area contributed by atoms with Gasteiger partial charge < -0.3 is 4.90 Å². The molecule has 178 valence electrons. The monoisotopic (exact) mass is 481 g/mol. The van der Waals surface area contributed by atoms with Crippen molar-refractivity contribution in [2.75, 3.05) is 13.1 Å². The van der Waals surface area contributed by atoms with Crippen molar-refractivity contribution < 1.29 is 18.8 Å². The third kappa shape index (κ3) is 4.74. The van der Waals surface area contributed by atoms with Crippen LogP contribution >= 0.6 is 11.8 Å². The number of amides is 3. The van der Waals surface area contributed by atoms with Crippen molar-refractivity contribution in [3.63, 3.8) is 0 Å². The van der Waals surface area contributed by atoms with Gasteiger partial charge in [0.25, 0.3) is 5.91 Å². The fourth-order valence-corrected chi connectivity index (χ4v) is 6.07. The van der Waals surface area contributed by atoms with Gasteiger partial charge in [-0.3, -0.25) is 24.6 Å². The quantitative estimate of drug-likeness (QED) is 0.501. The van der Waals surface area contributed by atoms with Gasteiger partial charge in [-0.15, -0.1) is 11.8 Å². The van der Waals surface area contributed by atoms with Crippen LogP contribution in [0.15, 0.2) is 41.3 Å². The summed E-state index contributed by atoms with van der Waals surface area (Å²) >= 11 is 1.38. The average Bonchev–Trinajstić information content (AvgIpc) is 3.16. The number of piperidine rings is 2. The molecule has 8 heteroatoms. The van der Waals surface area contributed by atoms with Crippen molar-refractivity contribution in [1.82, 2.24) is 15.1 Å². The van der Waals surface area contributed by atoms with Crippen molar-refractivity contribution in [2.24, 2.45) is 0 Å². The van der Waals surface area contributed by atoms with E-state index >= 15 is 0 Å². The summed E-state index contributed by atoms with van der Waals surface area (Å²) in [5.74, 6) is -0.840. The highest BCUT2D eigenvalue weighted by atomic mass is 32.2. The van der Waals surface area contributed by atoms with Gasteiger partial charge in [-0.2, -0.15) is 0 Å². The van der Waals surface area contributed by atoms with E-state index in [0.717, 1.165) is 25.2 Å². The standard InChI is InChI=1S/C26H28FN3O3S/c27-21-9-8-19-20(15-30(26(19)33)22-10-11-23(31)28-25(22)32)24(21)34-16-18-6-4-17(5-7-18)14-29-12-2-1-3-13-29/h4-9,22H,1-3,10-16H2,(H,28,31,32). The van der Waals surface area contributed by atoms with E-state index in [1.54, 1.807) is 0 Å². The van der Waals surface area contributed by atoms with Gasteiger partial charge in [0, 0.05) is 41.3 Å². The summed E-state index contributed by atoms with van der Waals surface area (Å²) in [6.45, 7) is 3.46. The summed E-state index contributed by atoms with van der Waals surface area (Å²) in [5, 5.41) is 2.30. The largest absolute Gasteiger partial charge is 0.322 e. The second kappa shape index (κ2) is 9.88. The summed E-state index contributed by atoms with van der Waals surface area (Å²) in [7, 11) is 0. The molecule has 3 aliphatic heterocycles. The van der Waals surface area contributed by atoms with E-state index in [-0.39, 0.29) is 30.6 Å². The highest BCUT2D eigenvalue weighted by Crippen LogP contribution is 2.37. The molecule has 0 saturated carbocycles. The molecule has 5 rings (SSSR count). The number of benzene rings is 2. The topological polar surface area (TPSA) is 69.7 Å². The van der Waals surface area contributed by atoms with Crippen LogP contribution in [-0.4, -0.2) is 46.7 Å². The van der Waals surface area contributed by atoms with Gasteiger partial charge in [0.05, 0.1) is 0 Å². The van der Waals surface area contributed by atoms with Crippen LogP contribution < -0.4 is 5.32 Å². The van der Waals surface area contributed by atoms with Crippen LogP contribution in [0.4, 0.5) is 4.39 Å². The maximum atomic E-state index is 14.8. The second-order valence-electron chi connectivity index (χ2n) is 9.24. The number of thioether (sulfide) groups is 1. The predicted molar refractivity (Wildman–Crippen MR) is 128 cm³/mol. The van der Waals surface area contributed by atoms with Gasteiger partial charge in [-0.25, -0.2) is 4.39 Å². The summed E-state index contributed by atoms with van der Waals surface area (Å²) in [4.78, 5) is 41.2. The third-order valence-corrected chi connectivity index (χ3v) is 8.09. The zero-order valence-electron chi connectivity index (χ0n) is 19.0. The molecule has 0 aliphatic carbocycles. The molecular weight excluding hydrogens is 453 g/mol. The molecule has 3 amide bonds. The molecule has 2 aromatic rings. The molecule has 2 saturated heterocycles. The van der Waals surface area contributed by atoms with E-state index in [2.05, 4.69) is 34.5 Å². The van der Waals surface area contributed by atoms with Gasteiger partial charge in [0.2, 0.25) is 11.8 Å². The number of likely N-dealkylation sites (tertiary alicyclic amines) is 1. The van der Waals surface area contributed by atoms with Crippen LogP contribution in [0.5, 0.6) is 0 Å². The molecule has 3 heterocycles. The van der Waals surface area contributed by atoms with Gasteiger partial charge in [0.1, 0.15) is 11.9 Å². The average molecular weight is 482 g/mol. The number of fused-ring (bicyclic) bond motifs is 1. The molecule has 6 nitrogen and oxygen atoms in total. The Hall–Kier alpha value is -2.71. The molecule has 0 aromatic heterocycles. The SMILES string of the molecule is O=C1CCC(N2Cc3c(ccc(F)c3SCc3ccc(CN4CCCCC4)cc3)C2=O)C(=O)N1. The summed E-state index contributed by atoms with van der Waals surface area (Å²) in [6.07, 6.45) is 4.35.